The smallest absolute Gasteiger partial charge is 0.307 e. The number of amides is 1. The summed E-state index contributed by atoms with van der Waals surface area (Å²) < 4.78 is 0. The third-order valence-corrected chi connectivity index (χ3v) is 3.12. The zero-order chi connectivity index (χ0) is 14.5. The van der Waals surface area contributed by atoms with Crippen LogP contribution in [0.4, 0.5) is 0 Å². The molecule has 0 bridgehead atoms. The van der Waals surface area contributed by atoms with Gasteiger partial charge in [0.15, 0.2) is 0 Å². The van der Waals surface area contributed by atoms with Crippen LogP contribution in [-0.2, 0) is 9.59 Å². The van der Waals surface area contributed by atoms with Gasteiger partial charge in [-0.3, -0.25) is 9.59 Å². The lowest BCUT2D eigenvalue weighted by Crippen LogP contribution is -2.25. The maximum Gasteiger partial charge on any atom is 0.307 e. The van der Waals surface area contributed by atoms with Crippen LogP contribution in [0.25, 0.3) is 0 Å². The highest BCUT2D eigenvalue weighted by molar-refractivity contribution is 5.82. The van der Waals surface area contributed by atoms with Crippen molar-refractivity contribution >= 4 is 11.9 Å². The van der Waals surface area contributed by atoms with Gasteiger partial charge in [0.2, 0.25) is 5.91 Å². The van der Waals surface area contributed by atoms with Crippen molar-refractivity contribution in [3.63, 3.8) is 0 Å². The standard InChI is InChI=1S/C15H27NO3/c1-3-4-5-6-7-8-9-10-11-13(15(18)19)12-14(17)16-2/h9-10,13H,3-8,11-12H2,1-2H3,(H,16,17)(H,18,19)/b10-9+. The molecule has 0 radical (unpaired) electrons. The Kier molecular flexibility index (Phi) is 10.9. The third-order valence-electron chi connectivity index (χ3n) is 3.12. The fraction of sp³-hybridized carbons (Fsp3) is 0.733. The molecule has 2 N–H and O–H groups in total. The number of aliphatic carboxylic acids is 1. The first-order chi connectivity index (χ1) is 9.11. The molecule has 0 aromatic heterocycles. The van der Waals surface area contributed by atoms with Gasteiger partial charge in [-0.05, 0) is 19.3 Å². The van der Waals surface area contributed by atoms with Gasteiger partial charge >= 0.3 is 5.97 Å². The van der Waals surface area contributed by atoms with Crippen LogP contribution in [-0.4, -0.2) is 24.0 Å². The highest BCUT2D eigenvalue weighted by atomic mass is 16.4. The molecule has 1 atom stereocenters. The molecule has 0 saturated carbocycles. The van der Waals surface area contributed by atoms with E-state index in [9.17, 15) is 9.59 Å². The first kappa shape index (κ1) is 17.7. The van der Waals surface area contributed by atoms with Crippen molar-refractivity contribution in [2.45, 2.75) is 58.3 Å². The largest absolute Gasteiger partial charge is 0.481 e. The van der Waals surface area contributed by atoms with E-state index in [1.165, 1.54) is 32.7 Å². The van der Waals surface area contributed by atoms with Gasteiger partial charge in [-0.1, -0.05) is 44.8 Å². The molecule has 0 aromatic rings. The van der Waals surface area contributed by atoms with E-state index in [0.29, 0.717) is 6.42 Å². The summed E-state index contributed by atoms with van der Waals surface area (Å²) in [7, 11) is 1.52. The van der Waals surface area contributed by atoms with Crippen molar-refractivity contribution in [2.75, 3.05) is 7.05 Å². The molecule has 0 aliphatic heterocycles. The SMILES string of the molecule is CCCCCCC/C=C/CC(CC(=O)NC)C(=O)O. The lowest BCUT2D eigenvalue weighted by atomic mass is 10.0. The van der Waals surface area contributed by atoms with Gasteiger partial charge in [-0.2, -0.15) is 0 Å². The summed E-state index contributed by atoms with van der Waals surface area (Å²) in [6.07, 6.45) is 11.6. The molecule has 0 spiro atoms. The summed E-state index contributed by atoms with van der Waals surface area (Å²) in [5.74, 6) is -1.74. The second-order valence-corrected chi connectivity index (χ2v) is 4.82. The Bertz CT molecular complexity index is 287. The Hall–Kier alpha value is -1.32. The number of hydrogen-bond acceptors (Lipinski definition) is 2. The van der Waals surface area contributed by atoms with Crippen LogP contribution < -0.4 is 5.32 Å². The molecule has 0 aliphatic rings. The lowest BCUT2D eigenvalue weighted by molar-refractivity contribution is -0.143. The Labute approximate surface area is 116 Å². The second kappa shape index (κ2) is 11.8. The van der Waals surface area contributed by atoms with Gasteiger partial charge < -0.3 is 10.4 Å². The molecule has 4 heteroatoms. The van der Waals surface area contributed by atoms with Crippen LogP contribution in [0.5, 0.6) is 0 Å². The normalized spacial score (nSPS) is 12.5. The van der Waals surface area contributed by atoms with Crippen LogP contribution in [0.1, 0.15) is 58.3 Å². The Morgan fingerprint density at radius 1 is 1.16 bits per heavy atom. The number of rotatable bonds is 11. The summed E-state index contributed by atoms with van der Waals surface area (Å²) in [6, 6.07) is 0. The van der Waals surface area contributed by atoms with E-state index in [2.05, 4.69) is 12.2 Å². The minimum atomic E-state index is -0.906. The third kappa shape index (κ3) is 10.3. The van der Waals surface area contributed by atoms with Crippen LogP contribution in [0, 0.1) is 5.92 Å². The second-order valence-electron chi connectivity index (χ2n) is 4.82. The van der Waals surface area contributed by atoms with E-state index in [-0.39, 0.29) is 12.3 Å². The molecule has 0 aromatic carbocycles. The summed E-state index contributed by atoms with van der Waals surface area (Å²) >= 11 is 0. The number of nitrogens with one attached hydrogen (secondary N) is 1. The van der Waals surface area contributed by atoms with Crippen LogP contribution >= 0.6 is 0 Å². The molecular weight excluding hydrogens is 242 g/mol. The highest BCUT2D eigenvalue weighted by Crippen LogP contribution is 2.11. The van der Waals surface area contributed by atoms with Crippen LogP contribution in [0.2, 0.25) is 0 Å². The molecule has 19 heavy (non-hydrogen) atoms. The van der Waals surface area contributed by atoms with Crippen molar-refractivity contribution in [3.05, 3.63) is 12.2 Å². The maximum atomic E-state index is 11.2. The van der Waals surface area contributed by atoms with Crippen LogP contribution in [0.15, 0.2) is 12.2 Å². The highest BCUT2D eigenvalue weighted by Gasteiger charge is 2.18. The van der Waals surface area contributed by atoms with E-state index in [1.807, 2.05) is 12.2 Å². The number of allylic oxidation sites excluding steroid dienone is 2. The first-order valence-electron chi connectivity index (χ1n) is 7.20. The monoisotopic (exact) mass is 269 g/mol. The molecular formula is C15H27NO3. The molecule has 0 rings (SSSR count). The molecule has 0 heterocycles. The molecule has 1 amide bonds. The summed E-state index contributed by atoms with van der Waals surface area (Å²) in [6.45, 7) is 2.19. The van der Waals surface area contributed by atoms with Gasteiger partial charge in [0.25, 0.3) is 0 Å². The fourth-order valence-electron chi connectivity index (χ4n) is 1.84. The summed E-state index contributed by atoms with van der Waals surface area (Å²) in [4.78, 5) is 22.1. The van der Waals surface area contributed by atoms with E-state index in [1.54, 1.807) is 0 Å². The molecule has 4 nitrogen and oxygen atoms in total. The maximum absolute atomic E-state index is 11.2. The molecule has 1 unspecified atom stereocenters. The van der Waals surface area contributed by atoms with E-state index in [4.69, 9.17) is 5.11 Å². The van der Waals surface area contributed by atoms with Gasteiger partial charge in [-0.15, -0.1) is 0 Å². The summed E-state index contributed by atoms with van der Waals surface area (Å²) in [5.41, 5.74) is 0. The zero-order valence-electron chi connectivity index (χ0n) is 12.2. The molecule has 110 valence electrons. The average molecular weight is 269 g/mol. The van der Waals surface area contributed by atoms with Crippen molar-refractivity contribution in [1.82, 2.24) is 5.32 Å². The van der Waals surface area contributed by atoms with Gasteiger partial charge in [0, 0.05) is 13.5 Å². The summed E-state index contributed by atoms with van der Waals surface area (Å²) in [5, 5.41) is 11.5. The van der Waals surface area contributed by atoms with Gasteiger partial charge in [0.05, 0.1) is 5.92 Å². The van der Waals surface area contributed by atoms with Crippen molar-refractivity contribution < 1.29 is 14.7 Å². The average Bonchev–Trinajstić information content (AvgIpc) is 2.39. The number of unbranched alkanes of at least 4 members (excludes halogenated alkanes) is 5. The number of carboxylic acid groups (broad SMARTS) is 1. The van der Waals surface area contributed by atoms with Gasteiger partial charge in [0.1, 0.15) is 0 Å². The minimum Gasteiger partial charge on any atom is -0.481 e. The fourth-order valence-corrected chi connectivity index (χ4v) is 1.84. The van der Waals surface area contributed by atoms with Crippen molar-refractivity contribution in [1.29, 1.82) is 0 Å². The minimum absolute atomic E-state index is 0.0483. The number of carbonyl (C=O) groups excluding carboxylic acids is 1. The Morgan fingerprint density at radius 3 is 2.42 bits per heavy atom. The van der Waals surface area contributed by atoms with E-state index in [0.717, 1.165) is 12.8 Å². The first-order valence-corrected chi connectivity index (χ1v) is 7.20. The Morgan fingerprint density at radius 2 is 1.84 bits per heavy atom. The lowest BCUT2D eigenvalue weighted by Gasteiger charge is -2.08. The van der Waals surface area contributed by atoms with Crippen molar-refractivity contribution in [3.8, 4) is 0 Å². The van der Waals surface area contributed by atoms with E-state index < -0.39 is 11.9 Å². The Balaban J connectivity index is 3.79. The topological polar surface area (TPSA) is 66.4 Å². The number of hydrogen-bond donors (Lipinski definition) is 2. The number of carbonyl (C=O) groups is 2. The quantitative estimate of drug-likeness (QED) is 0.447. The van der Waals surface area contributed by atoms with Crippen molar-refractivity contribution in [2.24, 2.45) is 5.92 Å². The van der Waals surface area contributed by atoms with E-state index >= 15 is 0 Å². The molecule has 0 saturated heterocycles. The van der Waals surface area contributed by atoms with Gasteiger partial charge in [-0.25, -0.2) is 0 Å². The predicted molar refractivity (Wildman–Crippen MR) is 76.9 cm³/mol. The zero-order valence-corrected chi connectivity index (χ0v) is 12.2. The van der Waals surface area contributed by atoms with Crippen LogP contribution in [0.3, 0.4) is 0 Å². The molecule has 0 aliphatic carbocycles. The molecule has 0 fully saturated rings. The predicted octanol–water partition coefficient (Wildman–Crippen LogP) is 3.13. The number of carboxylic acids is 1.